The average molecular weight is 257 g/mol. The maximum Gasteiger partial charge on any atom is 0.293 e. The van der Waals surface area contributed by atoms with Crippen molar-refractivity contribution in [3.05, 3.63) is 51.8 Å². The number of aryl methyl sites for hydroxylation is 1. The lowest BCUT2D eigenvalue weighted by Gasteiger charge is -2.05. The molecule has 0 aliphatic carbocycles. The van der Waals surface area contributed by atoms with Crippen LogP contribution in [0.1, 0.15) is 11.3 Å². The molecule has 1 aromatic heterocycles. The second-order valence-corrected chi connectivity index (χ2v) is 3.94. The molecule has 0 bridgehead atoms. The van der Waals surface area contributed by atoms with Crippen LogP contribution in [0.2, 0.25) is 0 Å². The molecule has 0 unspecified atom stereocenters. The Balaban J connectivity index is 2.20. The molecule has 0 amide bonds. The minimum atomic E-state index is -0.512. The number of anilines is 1. The van der Waals surface area contributed by atoms with Gasteiger partial charge in [-0.3, -0.25) is 14.8 Å². The summed E-state index contributed by atoms with van der Waals surface area (Å²) in [6, 6.07) is 8.01. The molecular formula is C12H11N5O2. The zero-order chi connectivity index (χ0) is 13.8. The molecule has 2 aromatic rings. The van der Waals surface area contributed by atoms with E-state index in [0.717, 1.165) is 5.69 Å². The van der Waals surface area contributed by atoms with Gasteiger partial charge in [-0.1, -0.05) is 0 Å². The smallest absolute Gasteiger partial charge is 0.293 e. The van der Waals surface area contributed by atoms with Crippen molar-refractivity contribution in [1.29, 1.82) is 5.26 Å². The normalized spacial score (nSPS) is 9.89. The zero-order valence-corrected chi connectivity index (χ0v) is 10.2. The molecule has 0 spiro atoms. The van der Waals surface area contributed by atoms with E-state index in [-0.39, 0.29) is 11.3 Å². The molecule has 7 nitrogen and oxygen atoms in total. The van der Waals surface area contributed by atoms with E-state index >= 15 is 0 Å². The highest BCUT2D eigenvalue weighted by atomic mass is 16.6. The summed E-state index contributed by atoms with van der Waals surface area (Å²) in [5, 5.41) is 26.8. The second kappa shape index (κ2) is 5.18. The van der Waals surface area contributed by atoms with Gasteiger partial charge in [0.2, 0.25) is 0 Å². The molecule has 7 heteroatoms. The SMILES string of the molecule is Cn1ccc(CNc2ccc(C#N)cc2[N+](=O)[O-])n1. The number of nitrogens with zero attached hydrogens (tertiary/aromatic N) is 4. The van der Waals surface area contributed by atoms with Gasteiger partial charge in [-0.15, -0.1) is 0 Å². The van der Waals surface area contributed by atoms with Crippen molar-refractivity contribution in [1.82, 2.24) is 9.78 Å². The minimum absolute atomic E-state index is 0.116. The third-order valence-electron chi connectivity index (χ3n) is 2.55. The van der Waals surface area contributed by atoms with Gasteiger partial charge in [0.25, 0.3) is 5.69 Å². The summed E-state index contributed by atoms with van der Waals surface area (Å²) in [7, 11) is 1.80. The van der Waals surface area contributed by atoms with E-state index in [1.807, 2.05) is 12.1 Å². The van der Waals surface area contributed by atoms with Gasteiger partial charge in [-0.2, -0.15) is 10.4 Å². The Bertz CT molecular complexity index is 656. The summed E-state index contributed by atoms with van der Waals surface area (Å²) in [4.78, 5) is 10.4. The Morgan fingerprint density at radius 2 is 2.32 bits per heavy atom. The molecule has 2 rings (SSSR count). The van der Waals surface area contributed by atoms with Crippen molar-refractivity contribution in [2.24, 2.45) is 7.05 Å². The lowest BCUT2D eigenvalue weighted by Crippen LogP contribution is -2.04. The second-order valence-electron chi connectivity index (χ2n) is 3.94. The molecule has 0 fully saturated rings. The van der Waals surface area contributed by atoms with E-state index in [1.165, 1.54) is 18.2 Å². The van der Waals surface area contributed by atoms with Crippen molar-refractivity contribution in [2.75, 3.05) is 5.32 Å². The fourth-order valence-electron chi connectivity index (χ4n) is 1.64. The third-order valence-corrected chi connectivity index (χ3v) is 2.55. The van der Waals surface area contributed by atoms with Gasteiger partial charge in [0, 0.05) is 19.3 Å². The number of rotatable bonds is 4. The lowest BCUT2D eigenvalue weighted by molar-refractivity contribution is -0.384. The van der Waals surface area contributed by atoms with E-state index in [0.29, 0.717) is 12.2 Å². The van der Waals surface area contributed by atoms with Crippen LogP contribution in [-0.2, 0) is 13.6 Å². The molecule has 1 aromatic carbocycles. The average Bonchev–Trinajstić information content (AvgIpc) is 2.82. The molecule has 0 radical (unpaired) electrons. The van der Waals surface area contributed by atoms with Gasteiger partial charge in [0.05, 0.1) is 28.8 Å². The van der Waals surface area contributed by atoms with Gasteiger partial charge in [0.1, 0.15) is 5.69 Å². The van der Waals surface area contributed by atoms with E-state index in [9.17, 15) is 10.1 Å². The molecule has 0 atom stereocenters. The van der Waals surface area contributed by atoms with E-state index in [1.54, 1.807) is 17.9 Å². The van der Waals surface area contributed by atoms with Crippen molar-refractivity contribution in [3.63, 3.8) is 0 Å². The van der Waals surface area contributed by atoms with Gasteiger partial charge >= 0.3 is 0 Å². The van der Waals surface area contributed by atoms with Crippen LogP contribution in [0.25, 0.3) is 0 Å². The highest BCUT2D eigenvalue weighted by molar-refractivity contribution is 5.64. The first-order valence-electron chi connectivity index (χ1n) is 5.51. The number of nitro benzene ring substituents is 1. The van der Waals surface area contributed by atoms with E-state index < -0.39 is 4.92 Å². The first-order chi connectivity index (χ1) is 9.10. The van der Waals surface area contributed by atoms with Crippen molar-refractivity contribution < 1.29 is 4.92 Å². The summed E-state index contributed by atoms with van der Waals surface area (Å²) in [6.07, 6.45) is 1.80. The Kier molecular flexibility index (Phi) is 3.43. The monoisotopic (exact) mass is 257 g/mol. The quantitative estimate of drug-likeness (QED) is 0.665. The molecule has 0 saturated carbocycles. The van der Waals surface area contributed by atoms with Crippen LogP contribution in [0.4, 0.5) is 11.4 Å². The van der Waals surface area contributed by atoms with Crippen LogP contribution >= 0.6 is 0 Å². The number of hydrogen-bond acceptors (Lipinski definition) is 5. The summed E-state index contributed by atoms with van der Waals surface area (Å²) in [6.45, 7) is 0.383. The molecule has 1 heterocycles. The highest BCUT2D eigenvalue weighted by Gasteiger charge is 2.14. The number of nitrogens with one attached hydrogen (secondary N) is 1. The molecule has 1 N–H and O–H groups in total. The number of benzene rings is 1. The Hall–Kier alpha value is -2.88. The highest BCUT2D eigenvalue weighted by Crippen LogP contribution is 2.25. The van der Waals surface area contributed by atoms with Gasteiger partial charge in [0.15, 0.2) is 0 Å². The lowest BCUT2D eigenvalue weighted by atomic mass is 10.2. The maximum atomic E-state index is 10.9. The fourth-order valence-corrected chi connectivity index (χ4v) is 1.64. The van der Waals surface area contributed by atoms with Crippen molar-refractivity contribution >= 4 is 11.4 Å². The predicted octanol–water partition coefficient (Wildman–Crippen LogP) is 1.81. The van der Waals surface area contributed by atoms with Crippen LogP contribution in [-0.4, -0.2) is 14.7 Å². The summed E-state index contributed by atoms with van der Waals surface area (Å²) in [5.41, 5.74) is 1.29. The zero-order valence-electron chi connectivity index (χ0n) is 10.2. The predicted molar refractivity (Wildman–Crippen MR) is 68.3 cm³/mol. The number of nitriles is 1. The molecule has 19 heavy (non-hydrogen) atoms. The standard InChI is InChI=1S/C12H11N5O2/c1-16-5-4-10(15-16)8-14-11-3-2-9(7-13)6-12(11)17(18)19/h2-6,14H,8H2,1H3. The third kappa shape index (κ3) is 2.87. The number of aromatic nitrogens is 2. The molecular weight excluding hydrogens is 246 g/mol. The summed E-state index contributed by atoms with van der Waals surface area (Å²) < 4.78 is 1.66. The van der Waals surface area contributed by atoms with E-state index in [2.05, 4.69) is 10.4 Å². The fraction of sp³-hybridized carbons (Fsp3) is 0.167. The van der Waals surface area contributed by atoms with Gasteiger partial charge in [-0.25, -0.2) is 0 Å². The van der Waals surface area contributed by atoms with Crippen LogP contribution in [0.15, 0.2) is 30.5 Å². The molecule has 0 aliphatic heterocycles. The Morgan fingerprint density at radius 3 is 2.89 bits per heavy atom. The van der Waals surface area contributed by atoms with Crippen LogP contribution in [0, 0.1) is 21.4 Å². The Labute approximate surface area is 109 Å². The summed E-state index contributed by atoms with van der Waals surface area (Å²) in [5.74, 6) is 0. The first-order valence-corrected chi connectivity index (χ1v) is 5.51. The van der Waals surface area contributed by atoms with Gasteiger partial charge in [-0.05, 0) is 18.2 Å². The Morgan fingerprint density at radius 1 is 1.53 bits per heavy atom. The van der Waals surface area contributed by atoms with Crippen LogP contribution in [0.5, 0.6) is 0 Å². The first kappa shape index (κ1) is 12.6. The topological polar surface area (TPSA) is 96.8 Å². The van der Waals surface area contributed by atoms with E-state index in [4.69, 9.17) is 5.26 Å². The van der Waals surface area contributed by atoms with Crippen LogP contribution in [0.3, 0.4) is 0 Å². The molecule has 96 valence electrons. The van der Waals surface area contributed by atoms with Crippen molar-refractivity contribution in [3.8, 4) is 6.07 Å². The maximum absolute atomic E-state index is 10.9. The van der Waals surface area contributed by atoms with Crippen molar-refractivity contribution in [2.45, 2.75) is 6.54 Å². The molecule has 0 saturated heterocycles. The van der Waals surface area contributed by atoms with Gasteiger partial charge < -0.3 is 5.32 Å². The summed E-state index contributed by atoms with van der Waals surface area (Å²) >= 11 is 0. The molecule has 0 aliphatic rings. The number of hydrogen-bond donors (Lipinski definition) is 1. The largest absolute Gasteiger partial charge is 0.374 e. The van der Waals surface area contributed by atoms with Crippen LogP contribution < -0.4 is 5.32 Å². The number of nitro groups is 1. The minimum Gasteiger partial charge on any atom is -0.374 e.